The third-order valence-electron chi connectivity index (χ3n) is 3.34. The second-order valence-electron chi connectivity index (χ2n) is 4.70. The summed E-state index contributed by atoms with van der Waals surface area (Å²) >= 11 is 0. The molecule has 0 unspecified atom stereocenters. The van der Waals surface area contributed by atoms with E-state index in [0.717, 1.165) is 12.8 Å². The molecule has 0 heterocycles. The minimum atomic E-state index is -1.07. The van der Waals surface area contributed by atoms with Crippen LogP contribution in [0.4, 0.5) is 0 Å². The Bertz CT molecular complexity index is 288. The van der Waals surface area contributed by atoms with Crippen molar-refractivity contribution in [1.82, 2.24) is 0 Å². The van der Waals surface area contributed by atoms with Gasteiger partial charge in [-0.3, -0.25) is 0 Å². The maximum absolute atomic E-state index is 11.2. The van der Waals surface area contributed by atoms with Gasteiger partial charge < -0.3 is 9.84 Å². The smallest absolute Gasteiger partial charge is 0.347 e. The van der Waals surface area contributed by atoms with E-state index in [9.17, 15) is 9.90 Å². The Morgan fingerprint density at radius 1 is 1.11 bits per heavy atom. The fourth-order valence-electron chi connectivity index (χ4n) is 1.81. The highest BCUT2D eigenvalue weighted by Gasteiger charge is 2.35. The van der Waals surface area contributed by atoms with Crippen molar-refractivity contribution < 1.29 is 14.6 Å². The standard InChI is InChI=1S/C16H28O3/c1-4-7-8-9-10-11-12-13-14-19-16(5-2,6-3)15(17)18/h10-11,13-14H,4-9,12H2,1-3H3,(H,17,18)/b11-10-,14-13-. The van der Waals surface area contributed by atoms with E-state index in [0.29, 0.717) is 12.8 Å². The quantitative estimate of drug-likeness (QED) is 0.336. The molecule has 3 nitrogen and oxygen atoms in total. The lowest BCUT2D eigenvalue weighted by Crippen LogP contribution is -2.38. The number of hydrogen-bond donors (Lipinski definition) is 1. The van der Waals surface area contributed by atoms with Crippen molar-refractivity contribution in [3.63, 3.8) is 0 Å². The largest absolute Gasteiger partial charge is 0.484 e. The summed E-state index contributed by atoms with van der Waals surface area (Å²) in [7, 11) is 0. The second-order valence-corrected chi connectivity index (χ2v) is 4.70. The van der Waals surface area contributed by atoms with Gasteiger partial charge in [0.05, 0.1) is 6.26 Å². The van der Waals surface area contributed by atoms with Gasteiger partial charge in [-0.05, 0) is 38.2 Å². The van der Waals surface area contributed by atoms with Crippen LogP contribution >= 0.6 is 0 Å². The highest BCUT2D eigenvalue weighted by Crippen LogP contribution is 2.21. The van der Waals surface area contributed by atoms with Gasteiger partial charge in [-0.1, -0.05) is 45.8 Å². The van der Waals surface area contributed by atoms with Gasteiger partial charge in [-0.2, -0.15) is 0 Å². The fourth-order valence-corrected chi connectivity index (χ4v) is 1.81. The normalized spacial score (nSPS) is 12.4. The number of allylic oxidation sites excluding steroid dienone is 3. The van der Waals surface area contributed by atoms with Crippen molar-refractivity contribution in [1.29, 1.82) is 0 Å². The lowest BCUT2D eigenvalue weighted by atomic mass is 9.98. The highest BCUT2D eigenvalue weighted by molar-refractivity contribution is 5.77. The number of aliphatic carboxylic acids is 1. The molecule has 0 radical (unpaired) electrons. The van der Waals surface area contributed by atoms with Gasteiger partial charge in [-0.25, -0.2) is 4.79 Å². The molecule has 0 aliphatic carbocycles. The first-order chi connectivity index (χ1) is 9.13. The summed E-state index contributed by atoms with van der Waals surface area (Å²) in [5.41, 5.74) is -1.07. The highest BCUT2D eigenvalue weighted by atomic mass is 16.5. The Kier molecular flexibility index (Phi) is 9.95. The number of carbonyl (C=O) groups is 1. The van der Waals surface area contributed by atoms with E-state index in [1.54, 1.807) is 0 Å². The molecular formula is C16H28O3. The Balaban J connectivity index is 3.97. The maximum atomic E-state index is 11.2. The molecule has 0 aromatic carbocycles. The number of carboxylic acids is 1. The molecular weight excluding hydrogens is 240 g/mol. The summed E-state index contributed by atoms with van der Waals surface area (Å²) in [5.74, 6) is -0.891. The molecule has 0 aromatic rings. The van der Waals surface area contributed by atoms with Gasteiger partial charge in [-0.15, -0.1) is 0 Å². The Morgan fingerprint density at radius 3 is 2.32 bits per heavy atom. The summed E-state index contributed by atoms with van der Waals surface area (Å²) in [4.78, 5) is 11.2. The van der Waals surface area contributed by atoms with Crippen LogP contribution in [0.3, 0.4) is 0 Å². The van der Waals surface area contributed by atoms with E-state index in [4.69, 9.17) is 4.74 Å². The van der Waals surface area contributed by atoms with Crippen molar-refractivity contribution in [3.8, 4) is 0 Å². The van der Waals surface area contributed by atoms with Gasteiger partial charge in [0.25, 0.3) is 0 Å². The van der Waals surface area contributed by atoms with Gasteiger partial charge in [0.2, 0.25) is 5.60 Å². The van der Waals surface area contributed by atoms with Gasteiger partial charge in [0, 0.05) is 0 Å². The van der Waals surface area contributed by atoms with E-state index in [-0.39, 0.29) is 0 Å². The number of unbranched alkanes of at least 4 members (excludes halogenated alkanes) is 3. The number of ether oxygens (including phenoxy) is 1. The van der Waals surface area contributed by atoms with E-state index >= 15 is 0 Å². The van der Waals surface area contributed by atoms with Crippen molar-refractivity contribution >= 4 is 5.97 Å². The van der Waals surface area contributed by atoms with Crippen LogP contribution in [0.1, 0.15) is 65.7 Å². The number of rotatable bonds is 11. The zero-order valence-corrected chi connectivity index (χ0v) is 12.5. The molecule has 3 heteroatoms. The number of hydrogen-bond acceptors (Lipinski definition) is 2. The first-order valence-corrected chi connectivity index (χ1v) is 7.34. The zero-order valence-electron chi connectivity index (χ0n) is 12.5. The Labute approximate surface area is 117 Å². The predicted octanol–water partition coefficient (Wildman–Crippen LogP) is 4.69. The van der Waals surface area contributed by atoms with E-state index in [1.165, 1.54) is 25.5 Å². The molecule has 110 valence electrons. The molecule has 0 fully saturated rings. The van der Waals surface area contributed by atoms with Crippen LogP contribution in [-0.2, 0) is 9.53 Å². The van der Waals surface area contributed by atoms with E-state index in [2.05, 4.69) is 19.1 Å². The molecule has 0 bridgehead atoms. The number of carboxylic acid groups (broad SMARTS) is 1. The zero-order chi connectivity index (χ0) is 14.6. The molecule has 0 atom stereocenters. The summed E-state index contributed by atoms with van der Waals surface area (Å²) in [6, 6.07) is 0. The third-order valence-corrected chi connectivity index (χ3v) is 3.34. The van der Waals surface area contributed by atoms with Crippen molar-refractivity contribution in [3.05, 3.63) is 24.5 Å². The summed E-state index contributed by atoms with van der Waals surface area (Å²) in [5, 5.41) is 9.17. The lowest BCUT2D eigenvalue weighted by Gasteiger charge is -2.25. The lowest BCUT2D eigenvalue weighted by molar-refractivity contribution is -0.160. The topological polar surface area (TPSA) is 46.5 Å². The molecule has 0 aliphatic rings. The van der Waals surface area contributed by atoms with E-state index < -0.39 is 11.6 Å². The van der Waals surface area contributed by atoms with Crippen LogP contribution in [-0.4, -0.2) is 16.7 Å². The molecule has 0 saturated carbocycles. The summed E-state index contributed by atoms with van der Waals surface area (Å²) < 4.78 is 5.42. The minimum Gasteiger partial charge on any atom is -0.484 e. The average Bonchev–Trinajstić information content (AvgIpc) is 2.41. The monoisotopic (exact) mass is 268 g/mol. The predicted molar refractivity (Wildman–Crippen MR) is 79.1 cm³/mol. The van der Waals surface area contributed by atoms with Crippen LogP contribution in [0.25, 0.3) is 0 Å². The minimum absolute atomic E-state index is 0.468. The molecule has 0 spiro atoms. The van der Waals surface area contributed by atoms with Crippen LogP contribution < -0.4 is 0 Å². The average molecular weight is 268 g/mol. The fraction of sp³-hybridized carbons (Fsp3) is 0.688. The molecule has 0 saturated heterocycles. The van der Waals surface area contributed by atoms with Gasteiger partial charge in [0.15, 0.2) is 0 Å². The first kappa shape index (κ1) is 17.8. The van der Waals surface area contributed by atoms with Crippen LogP contribution in [0, 0.1) is 0 Å². The molecule has 19 heavy (non-hydrogen) atoms. The Hall–Kier alpha value is -1.25. The third kappa shape index (κ3) is 7.04. The van der Waals surface area contributed by atoms with E-state index in [1.807, 2.05) is 19.9 Å². The van der Waals surface area contributed by atoms with Gasteiger partial charge >= 0.3 is 5.97 Å². The van der Waals surface area contributed by atoms with Crippen molar-refractivity contribution in [2.24, 2.45) is 0 Å². The molecule has 0 aromatic heterocycles. The van der Waals surface area contributed by atoms with Crippen molar-refractivity contribution in [2.75, 3.05) is 0 Å². The molecule has 0 aliphatic heterocycles. The van der Waals surface area contributed by atoms with Crippen LogP contribution in [0.15, 0.2) is 24.5 Å². The van der Waals surface area contributed by atoms with Crippen molar-refractivity contribution in [2.45, 2.75) is 71.3 Å². The maximum Gasteiger partial charge on any atom is 0.347 e. The van der Waals surface area contributed by atoms with Crippen LogP contribution in [0.5, 0.6) is 0 Å². The second kappa shape index (κ2) is 10.7. The Morgan fingerprint density at radius 2 is 1.79 bits per heavy atom. The van der Waals surface area contributed by atoms with Gasteiger partial charge in [0.1, 0.15) is 0 Å². The molecule has 0 rings (SSSR count). The van der Waals surface area contributed by atoms with Crippen LogP contribution in [0.2, 0.25) is 0 Å². The molecule has 0 amide bonds. The molecule has 1 N–H and O–H groups in total. The first-order valence-electron chi connectivity index (χ1n) is 7.34. The summed E-state index contributed by atoms with van der Waals surface area (Å²) in [6.45, 7) is 5.86. The SMILES string of the molecule is CCCCC/C=C\C/C=C\OC(CC)(CC)C(=O)O. The summed E-state index contributed by atoms with van der Waals surface area (Å²) in [6.07, 6.45) is 14.2.